The van der Waals surface area contributed by atoms with Gasteiger partial charge in [0.1, 0.15) is 0 Å². The molecule has 4 rings (SSSR count). The van der Waals surface area contributed by atoms with Gasteiger partial charge in [0.05, 0.1) is 19.0 Å². The third-order valence-corrected chi connectivity index (χ3v) is 7.96. The van der Waals surface area contributed by atoms with Crippen LogP contribution in [-0.2, 0) is 24.9 Å². The fourth-order valence-electron chi connectivity index (χ4n) is 5.45. The van der Waals surface area contributed by atoms with Gasteiger partial charge in [0, 0.05) is 24.0 Å². The topological polar surface area (TPSA) is 101 Å². The second kappa shape index (κ2) is 9.65. The Morgan fingerprint density at radius 3 is 2.50 bits per heavy atom. The first-order valence-electron chi connectivity index (χ1n) is 11.4. The van der Waals surface area contributed by atoms with Crippen LogP contribution in [0.3, 0.4) is 0 Å². The maximum absolute atomic E-state index is 13.2. The largest absolute Gasteiger partial charge is 0.367 e. The van der Waals surface area contributed by atoms with Crippen LogP contribution in [0.15, 0.2) is 30.3 Å². The van der Waals surface area contributed by atoms with Crippen LogP contribution in [0.4, 0.5) is 0 Å². The highest BCUT2D eigenvalue weighted by atomic mass is 32.2. The average molecular weight is 457 g/mol. The molecule has 3 fully saturated rings. The molecule has 8 heteroatoms. The van der Waals surface area contributed by atoms with Crippen molar-refractivity contribution in [3.63, 3.8) is 0 Å². The summed E-state index contributed by atoms with van der Waals surface area (Å²) >= 11 is 1.58. The van der Waals surface area contributed by atoms with Gasteiger partial charge >= 0.3 is 0 Å². The molecule has 1 aromatic carbocycles. The van der Waals surface area contributed by atoms with Gasteiger partial charge < -0.3 is 15.5 Å². The first-order valence-corrected chi connectivity index (χ1v) is 12.5. The molecule has 2 saturated heterocycles. The van der Waals surface area contributed by atoms with Gasteiger partial charge in [0.15, 0.2) is 5.78 Å². The number of likely N-dealkylation sites (tertiary alicyclic amines) is 2. The molecule has 1 aromatic rings. The van der Waals surface area contributed by atoms with E-state index in [1.165, 1.54) is 11.3 Å². The Kier molecular flexibility index (Phi) is 6.88. The van der Waals surface area contributed by atoms with E-state index >= 15 is 0 Å². The van der Waals surface area contributed by atoms with Crippen LogP contribution in [0.1, 0.15) is 44.1 Å². The van der Waals surface area contributed by atoms with Gasteiger partial charge in [-0.25, -0.2) is 0 Å². The molecule has 2 aliphatic heterocycles. The number of hydrogen-bond acceptors (Lipinski definition) is 5. The lowest BCUT2D eigenvalue weighted by Crippen LogP contribution is -2.64. The van der Waals surface area contributed by atoms with Gasteiger partial charge in [-0.1, -0.05) is 49.6 Å². The van der Waals surface area contributed by atoms with Gasteiger partial charge in [0.2, 0.25) is 17.4 Å². The molecule has 2 atom stereocenters. The summed E-state index contributed by atoms with van der Waals surface area (Å²) < 4.78 is 0. The molecule has 1 radical (unpaired) electrons. The highest BCUT2D eigenvalue weighted by molar-refractivity contribution is 7.98. The first kappa shape index (κ1) is 22.8. The molecule has 171 valence electrons. The molecule has 0 spiro atoms. The fourth-order valence-corrected chi connectivity index (χ4v) is 6.25. The van der Waals surface area contributed by atoms with E-state index in [0.29, 0.717) is 12.2 Å². The van der Waals surface area contributed by atoms with Crippen molar-refractivity contribution in [1.82, 2.24) is 9.80 Å². The van der Waals surface area contributed by atoms with Crippen LogP contribution >= 0.6 is 11.8 Å². The third-order valence-electron chi connectivity index (χ3n) is 7.02. The number of carbonyl (C=O) groups excluding carboxylic acids is 4. The highest BCUT2D eigenvalue weighted by Gasteiger charge is 2.67. The molecule has 3 aliphatic rings. The van der Waals surface area contributed by atoms with Gasteiger partial charge in [0.25, 0.3) is 5.91 Å². The number of hydrogen-bond donors (Lipinski definition) is 1. The smallest absolute Gasteiger partial charge is 0.253 e. The van der Waals surface area contributed by atoms with E-state index in [0.717, 1.165) is 43.4 Å². The zero-order chi connectivity index (χ0) is 22.7. The van der Waals surface area contributed by atoms with E-state index in [-0.39, 0.29) is 30.8 Å². The fraction of sp³-hybridized carbons (Fsp3) is 0.542. The number of rotatable bonds is 7. The van der Waals surface area contributed by atoms with Gasteiger partial charge in [-0.2, -0.15) is 11.8 Å². The molecular formula is C24H30N3O4S. The number of thioether (sulfide) groups is 1. The third kappa shape index (κ3) is 4.05. The van der Waals surface area contributed by atoms with E-state index in [1.54, 1.807) is 16.7 Å². The summed E-state index contributed by atoms with van der Waals surface area (Å²) in [7, 11) is 0. The lowest BCUT2D eigenvalue weighted by Gasteiger charge is -2.35. The summed E-state index contributed by atoms with van der Waals surface area (Å²) in [6.07, 6.45) is 6.67. The lowest BCUT2D eigenvalue weighted by molar-refractivity contribution is -0.148. The summed E-state index contributed by atoms with van der Waals surface area (Å²) in [4.78, 5) is 54.8. The zero-order valence-electron chi connectivity index (χ0n) is 18.2. The van der Waals surface area contributed by atoms with Gasteiger partial charge in [-0.15, -0.1) is 0 Å². The van der Waals surface area contributed by atoms with Crippen LogP contribution in [-0.4, -0.2) is 63.7 Å². The van der Waals surface area contributed by atoms with E-state index in [1.807, 2.05) is 30.3 Å². The van der Waals surface area contributed by atoms with Crippen molar-refractivity contribution in [3.05, 3.63) is 42.3 Å². The summed E-state index contributed by atoms with van der Waals surface area (Å²) in [6, 6.07) is 9.29. The number of fused-ring (bicyclic) bond motifs is 1. The SMILES string of the molecule is NC(=O)C12C(=O)CN(C(=O)C3CCCCC3)C1CCN2C(=O)[CH]CSCc1ccccc1. The molecule has 7 nitrogen and oxygen atoms in total. The number of carbonyl (C=O) groups is 4. The average Bonchev–Trinajstić information content (AvgIpc) is 3.35. The number of nitrogens with zero attached hydrogens (tertiary/aromatic N) is 2. The maximum atomic E-state index is 13.2. The van der Waals surface area contributed by atoms with Crippen molar-refractivity contribution >= 4 is 35.3 Å². The summed E-state index contributed by atoms with van der Waals surface area (Å²) in [5.74, 6) is -0.585. The second-order valence-electron chi connectivity index (χ2n) is 8.85. The zero-order valence-corrected chi connectivity index (χ0v) is 19.0. The van der Waals surface area contributed by atoms with Crippen molar-refractivity contribution in [2.24, 2.45) is 11.7 Å². The van der Waals surface area contributed by atoms with Crippen LogP contribution in [0.5, 0.6) is 0 Å². The van der Waals surface area contributed by atoms with E-state index in [4.69, 9.17) is 5.73 Å². The lowest BCUT2D eigenvalue weighted by atomic mass is 9.86. The number of primary amides is 1. The molecular weight excluding hydrogens is 426 g/mol. The minimum atomic E-state index is -1.73. The molecule has 0 bridgehead atoms. The van der Waals surface area contributed by atoms with E-state index in [9.17, 15) is 19.2 Å². The first-order chi connectivity index (χ1) is 15.5. The van der Waals surface area contributed by atoms with Crippen molar-refractivity contribution < 1.29 is 19.2 Å². The normalized spacial score (nSPS) is 25.8. The van der Waals surface area contributed by atoms with Crippen molar-refractivity contribution in [2.75, 3.05) is 18.8 Å². The Morgan fingerprint density at radius 1 is 1.09 bits per heavy atom. The highest BCUT2D eigenvalue weighted by Crippen LogP contribution is 2.41. The van der Waals surface area contributed by atoms with Crippen molar-refractivity contribution in [1.29, 1.82) is 0 Å². The minimum Gasteiger partial charge on any atom is -0.367 e. The summed E-state index contributed by atoms with van der Waals surface area (Å²) in [5, 5.41) is 0. The molecule has 0 aromatic heterocycles. The molecule has 32 heavy (non-hydrogen) atoms. The Bertz CT molecular complexity index is 886. The number of ketones is 1. The van der Waals surface area contributed by atoms with Gasteiger partial charge in [-0.3, -0.25) is 19.2 Å². The second-order valence-corrected chi connectivity index (χ2v) is 9.88. The Morgan fingerprint density at radius 2 is 1.81 bits per heavy atom. The molecule has 3 amide bonds. The van der Waals surface area contributed by atoms with E-state index < -0.39 is 23.3 Å². The number of benzene rings is 1. The molecule has 1 aliphatic carbocycles. The van der Waals surface area contributed by atoms with Crippen LogP contribution in [0.25, 0.3) is 0 Å². The number of amides is 3. The standard InChI is InChI=1S/C24H30N3O4S/c25-23(31)24-19(26(15-20(24)28)22(30)18-9-5-2-6-10-18)11-13-27(24)21(29)12-14-32-16-17-7-3-1-4-8-17/h1,3-4,7-8,12,18-19H,2,5-6,9-11,13-16H2,(H2,25,31). The summed E-state index contributed by atoms with van der Waals surface area (Å²) in [6.45, 7) is 0.0992. The summed E-state index contributed by atoms with van der Waals surface area (Å²) in [5.41, 5.74) is 5.18. The monoisotopic (exact) mass is 456 g/mol. The Balaban J connectivity index is 1.43. The molecule has 2 N–H and O–H groups in total. The Labute approximate surface area is 193 Å². The van der Waals surface area contributed by atoms with Crippen LogP contribution < -0.4 is 5.73 Å². The molecule has 2 unspecified atom stereocenters. The van der Waals surface area contributed by atoms with Crippen LogP contribution in [0, 0.1) is 12.3 Å². The van der Waals surface area contributed by atoms with Crippen molar-refractivity contribution in [2.45, 2.75) is 55.9 Å². The predicted octanol–water partition coefficient (Wildman–Crippen LogP) is 1.94. The van der Waals surface area contributed by atoms with Gasteiger partial charge in [-0.05, 0) is 24.8 Å². The Hall–Kier alpha value is -2.35. The van der Waals surface area contributed by atoms with Crippen molar-refractivity contribution in [3.8, 4) is 0 Å². The molecule has 1 saturated carbocycles. The minimum absolute atomic E-state index is 0.0668. The van der Waals surface area contributed by atoms with Crippen LogP contribution in [0.2, 0.25) is 0 Å². The van der Waals surface area contributed by atoms with E-state index in [2.05, 4.69) is 0 Å². The number of nitrogens with two attached hydrogens (primary N) is 1. The number of Topliss-reactive ketones (excluding diaryl/α,β-unsaturated/α-hetero) is 1. The predicted molar refractivity (Wildman–Crippen MR) is 122 cm³/mol. The maximum Gasteiger partial charge on any atom is 0.253 e. The quantitative estimate of drug-likeness (QED) is 0.499. The molecule has 2 heterocycles.